The molecule has 130 valence electrons. The van der Waals surface area contributed by atoms with Gasteiger partial charge in [0.15, 0.2) is 4.96 Å². The molecule has 1 aliphatic carbocycles. The standard InChI is InChI=1S/C20H23N3OS/c1-14-7-5-6-10-17(14)21-12-16-11-19(24)23-18(13-25-20(23)22-16)15-8-3-2-4-9-15/h2-4,8-9,11,13-14,17,21H,5-7,10,12H2,1H3. The molecule has 0 aliphatic heterocycles. The second-order valence-electron chi connectivity index (χ2n) is 6.94. The molecule has 1 aliphatic rings. The highest BCUT2D eigenvalue weighted by molar-refractivity contribution is 7.15. The van der Waals surface area contributed by atoms with Gasteiger partial charge in [0.25, 0.3) is 5.56 Å². The van der Waals surface area contributed by atoms with E-state index in [9.17, 15) is 4.79 Å². The van der Waals surface area contributed by atoms with E-state index in [0.29, 0.717) is 18.5 Å². The van der Waals surface area contributed by atoms with Gasteiger partial charge < -0.3 is 5.32 Å². The van der Waals surface area contributed by atoms with Crippen molar-refractivity contribution in [3.8, 4) is 11.3 Å². The zero-order valence-electron chi connectivity index (χ0n) is 14.4. The summed E-state index contributed by atoms with van der Waals surface area (Å²) >= 11 is 1.52. The predicted molar refractivity (Wildman–Crippen MR) is 103 cm³/mol. The van der Waals surface area contributed by atoms with Crippen molar-refractivity contribution in [1.82, 2.24) is 14.7 Å². The Bertz CT molecular complexity index is 916. The Kier molecular flexibility index (Phi) is 4.68. The normalized spacial score (nSPS) is 20.8. The highest BCUT2D eigenvalue weighted by Gasteiger charge is 2.21. The van der Waals surface area contributed by atoms with E-state index < -0.39 is 0 Å². The van der Waals surface area contributed by atoms with Crippen LogP contribution in [0.3, 0.4) is 0 Å². The first kappa shape index (κ1) is 16.5. The van der Waals surface area contributed by atoms with Crippen LogP contribution >= 0.6 is 11.3 Å². The van der Waals surface area contributed by atoms with Crippen LogP contribution in [-0.2, 0) is 6.54 Å². The molecular formula is C20H23N3OS. The number of aromatic nitrogens is 2. The van der Waals surface area contributed by atoms with Crippen LogP contribution in [0.2, 0.25) is 0 Å². The summed E-state index contributed by atoms with van der Waals surface area (Å²) in [6.45, 7) is 2.98. The lowest BCUT2D eigenvalue weighted by molar-refractivity contribution is 0.278. The van der Waals surface area contributed by atoms with Gasteiger partial charge in [-0.25, -0.2) is 4.98 Å². The van der Waals surface area contributed by atoms with E-state index >= 15 is 0 Å². The number of benzene rings is 1. The van der Waals surface area contributed by atoms with E-state index in [1.54, 1.807) is 10.5 Å². The molecule has 0 spiro atoms. The molecular weight excluding hydrogens is 330 g/mol. The highest BCUT2D eigenvalue weighted by atomic mass is 32.1. The fraction of sp³-hybridized carbons (Fsp3) is 0.400. The summed E-state index contributed by atoms with van der Waals surface area (Å²) in [7, 11) is 0. The van der Waals surface area contributed by atoms with E-state index in [0.717, 1.165) is 21.9 Å². The summed E-state index contributed by atoms with van der Waals surface area (Å²) in [4.78, 5) is 18.1. The minimum Gasteiger partial charge on any atom is -0.308 e. The fourth-order valence-electron chi connectivity index (χ4n) is 3.72. The first-order valence-corrected chi connectivity index (χ1v) is 9.89. The van der Waals surface area contributed by atoms with Gasteiger partial charge in [-0.3, -0.25) is 9.20 Å². The van der Waals surface area contributed by atoms with Gasteiger partial charge in [-0.1, -0.05) is 50.1 Å². The van der Waals surface area contributed by atoms with Crippen molar-refractivity contribution in [1.29, 1.82) is 0 Å². The maximum atomic E-state index is 12.7. The van der Waals surface area contributed by atoms with Crippen LogP contribution < -0.4 is 10.9 Å². The van der Waals surface area contributed by atoms with E-state index in [1.807, 2.05) is 35.7 Å². The molecule has 0 radical (unpaired) electrons. The lowest BCUT2D eigenvalue weighted by Gasteiger charge is -2.29. The summed E-state index contributed by atoms with van der Waals surface area (Å²) < 4.78 is 1.72. The van der Waals surface area contributed by atoms with Gasteiger partial charge in [0.1, 0.15) is 0 Å². The Morgan fingerprint density at radius 2 is 2.04 bits per heavy atom. The number of fused-ring (bicyclic) bond motifs is 1. The maximum Gasteiger partial charge on any atom is 0.259 e. The summed E-state index contributed by atoms with van der Waals surface area (Å²) in [5, 5.41) is 5.63. The van der Waals surface area contributed by atoms with Gasteiger partial charge in [-0.15, -0.1) is 11.3 Å². The molecule has 0 saturated heterocycles. The number of nitrogens with zero attached hydrogens (tertiary/aromatic N) is 2. The first-order chi connectivity index (χ1) is 12.2. The summed E-state index contributed by atoms with van der Waals surface area (Å²) in [6.07, 6.45) is 5.14. The molecule has 25 heavy (non-hydrogen) atoms. The number of hydrogen-bond donors (Lipinski definition) is 1. The Hall–Kier alpha value is -1.98. The fourth-order valence-corrected chi connectivity index (χ4v) is 4.64. The third-order valence-corrected chi connectivity index (χ3v) is 6.01. The van der Waals surface area contributed by atoms with Crippen molar-refractivity contribution in [2.24, 2.45) is 5.92 Å². The molecule has 3 aromatic rings. The molecule has 2 unspecified atom stereocenters. The van der Waals surface area contributed by atoms with Crippen molar-refractivity contribution in [2.75, 3.05) is 0 Å². The van der Waals surface area contributed by atoms with Crippen molar-refractivity contribution in [2.45, 2.75) is 45.2 Å². The predicted octanol–water partition coefficient (Wildman–Crippen LogP) is 4.09. The number of rotatable bonds is 4. The van der Waals surface area contributed by atoms with Crippen molar-refractivity contribution >= 4 is 16.3 Å². The van der Waals surface area contributed by atoms with Crippen LogP contribution in [0, 0.1) is 5.92 Å². The van der Waals surface area contributed by atoms with Crippen LogP contribution in [0.15, 0.2) is 46.6 Å². The van der Waals surface area contributed by atoms with Crippen LogP contribution in [0.25, 0.3) is 16.2 Å². The average Bonchev–Trinajstić information content (AvgIpc) is 3.06. The molecule has 4 nitrogen and oxygen atoms in total. The zero-order valence-corrected chi connectivity index (χ0v) is 15.3. The van der Waals surface area contributed by atoms with E-state index in [2.05, 4.69) is 12.2 Å². The number of thiazole rings is 1. The Morgan fingerprint density at radius 3 is 2.84 bits per heavy atom. The Balaban J connectivity index is 1.59. The molecule has 4 rings (SSSR count). The van der Waals surface area contributed by atoms with E-state index in [1.165, 1.54) is 37.0 Å². The quantitative estimate of drug-likeness (QED) is 0.768. The Labute approximate surface area is 151 Å². The maximum absolute atomic E-state index is 12.7. The molecule has 1 saturated carbocycles. The lowest BCUT2D eigenvalue weighted by Crippen LogP contribution is -2.37. The summed E-state index contributed by atoms with van der Waals surface area (Å²) in [6, 6.07) is 12.2. The van der Waals surface area contributed by atoms with Gasteiger partial charge in [-0.05, 0) is 24.3 Å². The van der Waals surface area contributed by atoms with Crippen LogP contribution in [0.1, 0.15) is 38.3 Å². The topological polar surface area (TPSA) is 46.4 Å². The largest absolute Gasteiger partial charge is 0.308 e. The third-order valence-electron chi connectivity index (χ3n) is 5.18. The molecule has 1 fully saturated rings. The van der Waals surface area contributed by atoms with Crippen molar-refractivity contribution in [3.63, 3.8) is 0 Å². The number of nitrogens with one attached hydrogen (secondary N) is 1. The van der Waals surface area contributed by atoms with E-state index in [-0.39, 0.29) is 5.56 Å². The monoisotopic (exact) mass is 353 g/mol. The van der Waals surface area contributed by atoms with Crippen LogP contribution in [-0.4, -0.2) is 15.4 Å². The second kappa shape index (κ2) is 7.10. The van der Waals surface area contributed by atoms with Gasteiger partial charge >= 0.3 is 0 Å². The zero-order chi connectivity index (χ0) is 17.2. The van der Waals surface area contributed by atoms with Crippen LogP contribution in [0.4, 0.5) is 0 Å². The summed E-state index contributed by atoms with van der Waals surface area (Å²) in [5.74, 6) is 0.699. The lowest BCUT2D eigenvalue weighted by atomic mass is 9.86. The number of hydrogen-bond acceptors (Lipinski definition) is 4. The Morgan fingerprint density at radius 1 is 1.24 bits per heavy atom. The minimum absolute atomic E-state index is 0.00130. The van der Waals surface area contributed by atoms with Crippen LogP contribution in [0.5, 0.6) is 0 Å². The molecule has 2 aromatic heterocycles. The first-order valence-electron chi connectivity index (χ1n) is 9.01. The second-order valence-corrected chi connectivity index (χ2v) is 7.78. The molecule has 5 heteroatoms. The smallest absolute Gasteiger partial charge is 0.259 e. The van der Waals surface area contributed by atoms with Gasteiger partial charge in [0.05, 0.1) is 11.4 Å². The average molecular weight is 353 g/mol. The van der Waals surface area contributed by atoms with E-state index in [4.69, 9.17) is 4.98 Å². The summed E-state index contributed by atoms with van der Waals surface area (Å²) in [5.41, 5.74) is 2.79. The van der Waals surface area contributed by atoms with Gasteiger partial charge in [0, 0.05) is 24.0 Å². The van der Waals surface area contributed by atoms with Crippen molar-refractivity contribution < 1.29 is 0 Å². The molecule has 1 N–H and O–H groups in total. The van der Waals surface area contributed by atoms with Gasteiger partial charge in [0.2, 0.25) is 0 Å². The third kappa shape index (κ3) is 3.39. The molecule has 2 atom stereocenters. The molecule has 2 heterocycles. The van der Waals surface area contributed by atoms with Gasteiger partial charge in [-0.2, -0.15) is 0 Å². The molecule has 0 bridgehead atoms. The molecule has 1 aromatic carbocycles. The SMILES string of the molecule is CC1CCCCC1NCc1cc(=O)n2c(-c3ccccc3)csc2n1. The minimum atomic E-state index is -0.00130. The highest BCUT2D eigenvalue weighted by Crippen LogP contribution is 2.25. The molecule has 0 amide bonds. The van der Waals surface area contributed by atoms with Crippen molar-refractivity contribution in [3.05, 3.63) is 57.8 Å².